The predicted octanol–water partition coefficient (Wildman–Crippen LogP) is 4.63. The number of aromatic nitrogens is 1. The van der Waals surface area contributed by atoms with Crippen molar-refractivity contribution in [2.75, 3.05) is 13.7 Å². The number of esters is 2. The molecule has 0 saturated heterocycles. The number of hydrogen-bond donors (Lipinski definition) is 1. The van der Waals surface area contributed by atoms with E-state index in [2.05, 4.69) is 0 Å². The standard InChI is InChI=1S/C26H27NO6/c1-3-33-22(28)15-27-21-14-17(25(29)30)12-13-20(21)23(24(27)16-8-5-4-6-9-16)18-10-7-11-19(18)26(31)32-2/h4-6,8-9,12-14,18-19H,3,7,10-11,15H2,1-2H3,(H,29,30). The fourth-order valence-corrected chi connectivity index (χ4v) is 5.03. The Hall–Kier alpha value is -3.61. The molecule has 1 heterocycles. The second kappa shape index (κ2) is 9.48. The maximum Gasteiger partial charge on any atom is 0.335 e. The number of benzene rings is 2. The normalized spacial score (nSPS) is 17.8. The molecule has 1 aromatic heterocycles. The highest BCUT2D eigenvalue weighted by atomic mass is 16.5. The SMILES string of the molecule is CCOC(=O)Cn1c(-c2ccccc2)c(C2CCCC2C(=O)OC)c2ccc(C(=O)O)cc21. The molecule has 7 heteroatoms. The molecule has 1 saturated carbocycles. The van der Waals surface area contributed by atoms with Gasteiger partial charge in [-0.1, -0.05) is 42.8 Å². The molecule has 2 atom stereocenters. The molecule has 0 bridgehead atoms. The van der Waals surface area contributed by atoms with Crippen LogP contribution in [0.2, 0.25) is 0 Å². The van der Waals surface area contributed by atoms with Crippen molar-refractivity contribution < 1.29 is 29.0 Å². The largest absolute Gasteiger partial charge is 0.478 e. The summed E-state index contributed by atoms with van der Waals surface area (Å²) in [6.45, 7) is 1.93. The number of hydrogen-bond acceptors (Lipinski definition) is 5. The lowest BCUT2D eigenvalue weighted by Crippen LogP contribution is -2.20. The van der Waals surface area contributed by atoms with Crippen LogP contribution in [-0.4, -0.2) is 41.3 Å². The first-order valence-corrected chi connectivity index (χ1v) is 11.1. The van der Waals surface area contributed by atoms with Gasteiger partial charge in [-0.3, -0.25) is 9.59 Å². The highest BCUT2D eigenvalue weighted by molar-refractivity contribution is 5.99. The summed E-state index contributed by atoms with van der Waals surface area (Å²) in [4.78, 5) is 36.9. The Bertz CT molecular complexity index is 1200. The Morgan fingerprint density at radius 3 is 2.52 bits per heavy atom. The van der Waals surface area contributed by atoms with Crippen LogP contribution in [0.15, 0.2) is 48.5 Å². The zero-order valence-corrected chi connectivity index (χ0v) is 18.7. The molecule has 4 rings (SSSR count). The number of ether oxygens (including phenoxy) is 2. The van der Waals surface area contributed by atoms with E-state index in [9.17, 15) is 19.5 Å². The molecule has 1 N–H and O–H groups in total. The van der Waals surface area contributed by atoms with E-state index in [0.717, 1.165) is 41.5 Å². The van der Waals surface area contributed by atoms with Gasteiger partial charge in [-0.15, -0.1) is 0 Å². The van der Waals surface area contributed by atoms with Crippen LogP contribution >= 0.6 is 0 Å². The van der Waals surface area contributed by atoms with Crippen LogP contribution in [0.3, 0.4) is 0 Å². The topological polar surface area (TPSA) is 94.8 Å². The zero-order valence-electron chi connectivity index (χ0n) is 18.7. The Labute approximate surface area is 191 Å². The number of nitrogens with zero attached hydrogens (tertiary/aromatic N) is 1. The smallest absolute Gasteiger partial charge is 0.335 e. The van der Waals surface area contributed by atoms with Gasteiger partial charge in [0.25, 0.3) is 0 Å². The first-order valence-electron chi connectivity index (χ1n) is 11.1. The molecule has 0 spiro atoms. The van der Waals surface area contributed by atoms with Gasteiger partial charge >= 0.3 is 17.9 Å². The predicted molar refractivity (Wildman–Crippen MR) is 123 cm³/mol. The summed E-state index contributed by atoms with van der Waals surface area (Å²) in [5, 5.41) is 10.4. The van der Waals surface area contributed by atoms with E-state index in [0.29, 0.717) is 5.52 Å². The van der Waals surface area contributed by atoms with Gasteiger partial charge in [0.2, 0.25) is 0 Å². The number of carbonyl (C=O) groups is 3. The van der Waals surface area contributed by atoms with Crippen LogP contribution in [0.1, 0.15) is 48.0 Å². The van der Waals surface area contributed by atoms with Gasteiger partial charge in [-0.2, -0.15) is 0 Å². The molecule has 2 unspecified atom stereocenters. The average Bonchev–Trinajstić information content (AvgIpc) is 3.41. The summed E-state index contributed by atoms with van der Waals surface area (Å²) < 4.78 is 12.2. The van der Waals surface area contributed by atoms with Crippen LogP contribution in [-0.2, 0) is 25.6 Å². The Morgan fingerprint density at radius 1 is 1.09 bits per heavy atom. The summed E-state index contributed by atoms with van der Waals surface area (Å²) in [6, 6.07) is 14.6. The van der Waals surface area contributed by atoms with E-state index < -0.39 is 11.9 Å². The molecule has 0 amide bonds. The van der Waals surface area contributed by atoms with Gasteiger partial charge in [0.05, 0.1) is 36.4 Å². The van der Waals surface area contributed by atoms with Crippen molar-refractivity contribution in [2.45, 2.75) is 38.6 Å². The summed E-state index contributed by atoms with van der Waals surface area (Å²) in [5.74, 6) is -2.09. The Morgan fingerprint density at radius 2 is 1.85 bits per heavy atom. The maximum absolute atomic E-state index is 12.6. The van der Waals surface area contributed by atoms with Gasteiger partial charge in [-0.25, -0.2) is 4.79 Å². The van der Waals surface area contributed by atoms with E-state index in [-0.39, 0.29) is 36.5 Å². The number of carboxylic acids is 1. The fourth-order valence-electron chi connectivity index (χ4n) is 5.03. The number of rotatable bonds is 7. The molecule has 0 aliphatic heterocycles. The van der Waals surface area contributed by atoms with E-state index in [4.69, 9.17) is 9.47 Å². The molecule has 172 valence electrons. The van der Waals surface area contributed by atoms with Crippen LogP contribution in [0, 0.1) is 5.92 Å². The number of methoxy groups -OCH3 is 1. The summed E-state index contributed by atoms with van der Waals surface area (Å²) >= 11 is 0. The third-order valence-corrected chi connectivity index (χ3v) is 6.38. The van der Waals surface area contributed by atoms with Crippen molar-refractivity contribution >= 4 is 28.8 Å². The second-order valence-electron chi connectivity index (χ2n) is 8.22. The number of fused-ring (bicyclic) bond motifs is 1. The highest BCUT2D eigenvalue weighted by Gasteiger charge is 2.39. The van der Waals surface area contributed by atoms with Gasteiger partial charge in [0.1, 0.15) is 6.54 Å². The molecule has 7 nitrogen and oxygen atoms in total. The zero-order chi connectivity index (χ0) is 23.5. The molecular weight excluding hydrogens is 422 g/mol. The summed E-state index contributed by atoms with van der Waals surface area (Å²) in [7, 11) is 1.40. The van der Waals surface area contributed by atoms with E-state index in [1.54, 1.807) is 25.1 Å². The minimum Gasteiger partial charge on any atom is -0.478 e. The summed E-state index contributed by atoms with van der Waals surface area (Å²) in [5.41, 5.74) is 3.41. The van der Waals surface area contributed by atoms with Gasteiger partial charge in [0, 0.05) is 5.39 Å². The minimum absolute atomic E-state index is 0.0623. The molecule has 1 aliphatic rings. The molecule has 1 aliphatic carbocycles. The lowest BCUT2D eigenvalue weighted by Gasteiger charge is -2.20. The van der Waals surface area contributed by atoms with Crippen LogP contribution in [0.4, 0.5) is 0 Å². The minimum atomic E-state index is -1.04. The molecule has 33 heavy (non-hydrogen) atoms. The van der Waals surface area contributed by atoms with E-state index in [1.165, 1.54) is 7.11 Å². The maximum atomic E-state index is 12.6. The molecule has 1 fully saturated rings. The van der Waals surface area contributed by atoms with Crippen LogP contribution in [0.25, 0.3) is 22.2 Å². The number of aromatic carboxylic acids is 1. The number of carbonyl (C=O) groups excluding carboxylic acids is 2. The van der Waals surface area contributed by atoms with Crippen molar-refractivity contribution in [1.29, 1.82) is 0 Å². The van der Waals surface area contributed by atoms with E-state index in [1.807, 2.05) is 34.9 Å². The van der Waals surface area contributed by atoms with E-state index >= 15 is 0 Å². The van der Waals surface area contributed by atoms with Crippen molar-refractivity contribution in [2.24, 2.45) is 5.92 Å². The van der Waals surface area contributed by atoms with Crippen molar-refractivity contribution in [3.63, 3.8) is 0 Å². The molecule has 2 aromatic carbocycles. The number of carboxylic acid groups (broad SMARTS) is 1. The Kier molecular flexibility index (Phi) is 6.49. The molecule has 3 aromatic rings. The van der Waals surface area contributed by atoms with Crippen LogP contribution < -0.4 is 0 Å². The fraction of sp³-hybridized carbons (Fsp3) is 0.346. The lowest BCUT2D eigenvalue weighted by molar-refractivity contribution is -0.146. The first-order chi connectivity index (χ1) is 16.0. The van der Waals surface area contributed by atoms with Crippen molar-refractivity contribution in [1.82, 2.24) is 4.57 Å². The first kappa shape index (κ1) is 22.6. The third-order valence-electron chi connectivity index (χ3n) is 6.38. The van der Waals surface area contributed by atoms with Crippen molar-refractivity contribution in [3.05, 3.63) is 59.7 Å². The second-order valence-corrected chi connectivity index (χ2v) is 8.22. The molecular formula is C26H27NO6. The Balaban J connectivity index is 2.03. The van der Waals surface area contributed by atoms with Gasteiger partial charge < -0.3 is 19.1 Å². The highest BCUT2D eigenvalue weighted by Crippen LogP contribution is 2.48. The van der Waals surface area contributed by atoms with Crippen LogP contribution in [0.5, 0.6) is 0 Å². The quantitative estimate of drug-likeness (QED) is 0.529. The van der Waals surface area contributed by atoms with Crippen molar-refractivity contribution in [3.8, 4) is 11.3 Å². The third kappa shape index (κ3) is 4.23. The van der Waals surface area contributed by atoms with Gasteiger partial charge in [0.15, 0.2) is 0 Å². The monoisotopic (exact) mass is 449 g/mol. The van der Waals surface area contributed by atoms with Gasteiger partial charge in [-0.05, 0) is 48.9 Å². The summed E-state index contributed by atoms with van der Waals surface area (Å²) in [6.07, 6.45) is 2.42. The molecule has 0 radical (unpaired) electrons. The average molecular weight is 450 g/mol. The lowest BCUT2D eigenvalue weighted by atomic mass is 9.85.